The number of amides is 1. The molecule has 2 heterocycles. The van der Waals surface area contributed by atoms with E-state index in [1.54, 1.807) is 37.6 Å². The zero-order valence-corrected chi connectivity index (χ0v) is 14.7. The fourth-order valence-electron chi connectivity index (χ4n) is 2.88. The predicted molar refractivity (Wildman–Crippen MR) is 106 cm³/mol. The van der Waals surface area contributed by atoms with Crippen molar-refractivity contribution in [2.24, 2.45) is 0 Å². The zero-order valence-electron chi connectivity index (χ0n) is 14.7. The minimum Gasteiger partial charge on any atom is -0.497 e. The van der Waals surface area contributed by atoms with Crippen LogP contribution in [0.2, 0.25) is 0 Å². The van der Waals surface area contributed by atoms with E-state index >= 15 is 0 Å². The molecule has 0 saturated carbocycles. The number of carbonyl (C=O) groups is 1. The summed E-state index contributed by atoms with van der Waals surface area (Å²) in [7, 11) is 1.57. The van der Waals surface area contributed by atoms with Crippen molar-refractivity contribution in [3.63, 3.8) is 0 Å². The normalized spacial score (nSPS) is 10.6. The van der Waals surface area contributed by atoms with Crippen molar-refractivity contribution in [3.8, 4) is 16.9 Å². The van der Waals surface area contributed by atoms with E-state index in [9.17, 15) is 4.79 Å². The van der Waals surface area contributed by atoms with Gasteiger partial charge in [-0.15, -0.1) is 0 Å². The lowest BCUT2D eigenvalue weighted by Gasteiger charge is -2.12. The van der Waals surface area contributed by atoms with Crippen LogP contribution in [-0.2, 0) is 0 Å². The Kier molecular flexibility index (Phi) is 4.49. The van der Waals surface area contributed by atoms with Gasteiger partial charge in [0.15, 0.2) is 5.65 Å². The van der Waals surface area contributed by atoms with Crippen molar-refractivity contribution >= 4 is 22.8 Å². The number of pyridine rings is 2. The largest absolute Gasteiger partial charge is 0.497 e. The molecule has 1 N–H and O–H groups in total. The molecule has 0 aliphatic heterocycles. The molecule has 5 heteroatoms. The van der Waals surface area contributed by atoms with E-state index in [1.807, 2.05) is 48.5 Å². The Morgan fingerprint density at radius 2 is 1.81 bits per heavy atom. The van der Waals surface area contributed by atoms with Crippen LogP contribution in [-0.4, -0.2) is 23.0 Å². The maximum absolute atomic E-state index is 12.8. The molecule has 5 nitrogen and oxygen atoms in total. The fourth-order valence-corrected chi connectivity index (χ4v) is 2.88. The first-order valence-electron chi connectivity index (χ1n) is 8.51. The number of methoxy groups -OCH3 is 1. The number of hydrogen-bond acceptors (Lipinski definition) is 4. The highest BCUT2D eigenvalue weighted by Crippen LogP contribution is 2.30. The maximum Gasteiger partial charge on any atom is 0.256 e. The number of nitrogens with one attached hydrogen (secondary N) is 1. The molecule has 4 aromatic rings. The molecule has 0 aliphatic carbocycles. The third kappa shape index (κ3) is 3.48. The van der Waals surface area contributed by atoms with Gasteiger partial charge in [0.05, 0.1) is 7.11 Å². The Hall–Kier alpha value is -3.73. The first kappa shape index (κ1) is 16.7. The molecule has 2 aromatic heterocycles. The predicted octanol–water partition coefficient (Wildman–Crippen LogP) is 4.56. The Bertz CT molecular complexity index is 1110. The number of ether oxygens (including phenoxy) is 1. The highest BCUT2D eigenvalue weighted by molar-refractivity contribution is 6.06. The van der Waals surface area contributed by atoms with E-state index in [2.05, 4.69) is 15.3 Å². The van der Waals surface area contributed by atoms with Gasteiger partial charge in [-0.2, -0.15) is 0 Å². The Labute approximate surface area is 156 Å². The minimum absolute atomic E-state index is 0.256. The van der Waals surface area contributed by atoms with Crippen molar-refractivity contribution in [1.29, 1.82) is 0 Å². The lowest BCUT2D eigenvalue weighted by Crippen LogP contribution is -2.14. The van der Waals surface area contributed by atoms with Crippen molar-refractivity contribution in [3.05, 3.63) is 84.6 Å². The van der Waals surface area contributed by atoms with Crippen LogP contribution in [0.1, 0.15) is 10.4 Å². The number of rotatable bonds is 4. The number of hydrogen-bond donors (Lipinski definition) is 1. The van der Waals surface area contributed by atoms with Gasteiger partial charge in [0.1, 0.15) is 11.6 Å². The van der Waals surface area contributed by atoms with Gasteiger partial charge in [0, 0.05) is 22.7 Å². The van der Waals surface area contributed by atoms with Crippen LogP contribution in [0.3, 0.4) is 0 Å². The van der Waals surface area contributed by atoms with Gasteiger partial charge in [-0.25, -0.2) is 9.97 Å². The van der Waals surface area contributed by atoms with E-state index in [1.165, 1.54) is 0 Å². The number of nitrogens with zero attached hydrogens (tertiary/aromatic N) is 2. The van der Waals surface area contributed by atoms with Crippen LogP contribution in [0.4, 0.5) is 5.82 Å². The van der Waals surface area contributed by atoms with Gasteiger partial charge < -0.3 is 10.1 Å². The van der Waals surface area contributed by atoms with Gasteiger partial charge in [-0.05, 0) is 42.0 Å². The highest BCUT2D eigenvalue weighted by atomic mass is 16.5. The zero-order chi connectivity index (χ0) is 18.6. The van der Waals surface area contributed by atoms with E-state index in [0.29, 0.717) is 22.8 Å². The van der Waals surface area contributed by atoms with E-state index < -0.39 is 0 Å². The summed E-state index contributed by atoms with van der Waals surface area (Å²) in [5.74, 6) is 0.841. The van der Waals surface area contributed by atoms with Crippen LogP contribution in [0.5, 0.6) is 5.75 Å². The standard InChI is InChI=1S/C22H17N3O2/c1-27-18-11-5-9-17(13-18)22(26)25-21-19(15-7-3-2-4-8-15)14-16-10-6-12-23-20(16)24-21/h2-14H,1H3,(H,23,24,25,26). The molecule has 27 heavy (non-hydrogen) atoms. The summed E-state index contributed by atoms with van der Waals surface area (Å²) >= 11 is 0. The van der Waals surface area contributed by atoms with E-state index in [0.717, 1.165) is 16.5 Å². The number of aromatic nitrogens is 2. The van der Waals surface area contributed by atoms with Crippen molar-refractivity contribution in [2.75, 3.05) is 12.4 Å². The number of carbonyl (C=O) groups excluding carboxylic acids is 1. The second-order valence-electron chi connectivity index (χ2n) is 5.99. The number of anilines is 1. The summed E-state index contributed by atoms with van der Waals surface area (Å²) in [6.07, 6.45) is 1.69. The lowest BCUT2D eigenvalue weighted by molar-refractivity contribution is 0.102. The van der Waals surface area contributed by atoms with Crippen LogP contribution >= 0.6 is 0 Å². The van der Waals surface area contributed by atoms with Gasteiger partial charge in [0.2, 0.25) is 0 Å². The summed E-state index contributed by atoms with van der Waals surface area (Å²) in [5, 5.41) is 3.84. The average Bonchev–Trinajstić information content (AvgIpc) is 2.74. The molecule has 2 aromatic carbocycles. The average molecular weight is 355 g/mol. The first-order chi connectivity index (χ1) is 13.2. The molecule has 0 radical (unpaired) electrons. The second kappa shape index (κ2) is 7.25. The van der Waals surface area contributed by atoms with Crippen LogP contribution in [0.25, 0.3) is 22.2 Å². The lowest BCUT2D eigenvalue weighted by atomic mass is 10.0. The van der Waals surface area contributed by atoms with E-state index in [4.69, 9.17) is 4.74 Å². The van der Waals surface area contributed by atoms with Gasteiger partial charge in [-0.1, -0.05) is 36.4 Å². The summed E-state index contributed by atoms with van der Waals surface area (Å²) in [6, 6.07) is 22.7. The fraction of sp³-hybridized carbons (Fsp3) is 0.0455. The number of fused-ring (bicyclic) bond motifs is 1. The molecule has 4 rings (SSSR count). The molecule has 0 unspecified atom stereocenters. The molecule has 0 aliphatic rings. The van der Waals surface area contributed by atoms with Crippen LogP contribution in [0.15, 0.2) is 79.0 Å². The molecule has 0 bridgehead atoms. The molecule has 132 valence electrons. The molecule has 1 amide bonds. The molecular formula is C22H17N3O2. The summed E-state index contributed by atoms with van der Waals surface area (Å²) < 4.78 is 5.20. The summed E-state index contributed by atoms with van der Waals surface area (Å²) in [6.45, 7) is 0. The molecule has 0 spiro atoms. The molecular weight excluding hydrogens is 338 g/mol. The molecule has 0 fully saturated rings. The van der Waals surface area contributed by atoms with E-state index in [-0.39, 0.29) is 5.91 Å². The minimum atomic E-state index is -0.256. The Balaban J connectivity index is 1.78. The number of benzene rings is 2. The topological polar surface area (TPSA) is 64.1 Å². The summed E-state index contributed by atoms with van der Waals surface area (Å²) in [5.41, 5.74) is 2.89. The molecule has 0 saturated heterocycles. The molecule has 0 atom stereocenters. The third-order valence-corrected chi connectivity index (χ3v) is 4.24. The van der Waals surface area contributed by atoms with Gasteiger partial charge in [-0.3, -0.25) is 4.79 Å². The van der Waals surface area contributed by atoms with Crippen molar-refractivity contribution in [1.82, 2.24) is 9.97 Å². The Morgan fingerprint density at radius 3 is 2.63 bits per heavy atom. The van der Waals surface area contributed by atoms with Crippen molar-refractivity contribution in [2.45, 2.75) is 0 Å². The monoisotopic (exact) mass is 355 g/mol. The SMILES string of the molecule is COc1cccc(C(=O)Nc2nc3ncccc3cc2-c2ccccc2)c1. The first-order valence-corrected chi connectivity index (χ1v) is 8.51. The van der Waals surface area contributed by atoms with Crippen LogP contribution < -0.4 is 10.1 Å². The van der Waals surface area contributed by atoms with Crippen LogP contribution in [0, 0.1) is 0 Å². The summed E-state index contributed by atoms with van der Waals surface area (Å²) in [4.78, 5) is 21.7. The highest BCUT2D eigenvalue weighted by Gasteiger charge is 2.14. The second-order valence-corrected chi connectivity index (χ2v) is 5.99. The van der Waals surface area contributed by atoms with Crippen molar-refractivity contribution < 1.29 is 9.53 Å². The quantitative estimate of drug-likeness (QED) is 0.583. The van der Waals surface area contributed by atoms with Gasteiger partial charge in [0.25, 0.3) is 5.91 Å². The smallest absolute Gasteiger partial charge is 0.256 e. The van der Waals surface area contributed by atoms with Gasteiger partial charge >= 0.3 is 0 Å². The maximum atomic E-state index is 12.8. The Morgan fingerprint density at radius 1 is 0.963 bits per heavy atom. The third-order valence-electron chi connectivity index (χ3n) is 4.24.